The predicted molar refractivity (Wildman–Crippen MR) is 80.4 cm³/mol. The van der Waals surface area contributed by atoms with Crippen molar-refractivity contribution < 1.29 is 0 Å². The van der Waals surface area contributed by atoms with Crippen LogP contribution in [0.4, 0.5) is 5.82 Å². The fraction of sp³-hybridized carbons (Fsp3) is 0.308. The van der Waals surface area contributed by atoms with Crippen LogP contribution < -0.4 is 17.0 Å². The van der Waals surface area contributed by atoms with Crippen LogP contribution in [0.3, 0.4) is 0 Å². The van der Waals surface area contributed by atoms with E-state index in [2.05, 4.69) is 15.0 Å². The molecule has 2 aromatic rings. The maximum atomic E-state index is 11.4. The Morgan fingerprint density at radius 2 is 2.10 bits per heavy atom. The van der Waals surface area contributed by atoms with Gasteiger partial charge in [0.2, 0.25) is 0 Å². The Hall–Kier alpha value is -1.86. The van der Waals surface area contributed by atoms with Crippen molar-refractivity contribution in [3.63, 3.8) is 0 Å². The first-order chi connectivity index (χ1) is 9.60. The SMILES string of the molecule is CCC(N)C(Sc1nc(N)cc(=O)[nH]1)c1ccncc1. The second-order valence-electron chi connectivity index (χ2n) is 4.37. The smallest absolute Gasteiger partial charge is 0.253 e. The van der Waals surface area contributed by atoms with Crippen molar-refractivity contribution in [2.24, 2.45) is 5.73 Å². The zero-order chi connectivity index (χ0) is 14.5. The van der Waals surface area contributed by atoms with Crippen molar-refractivity contribution in [2.75, 3.05) is 5.73 Å². The quantitative estimate of drug-likeness (QED) is 0.566. The number of rotatable bonds is 5. The number of nitrogens with one attached hydrogen (secondary N) is 1. The second kappa shape index (κ2) is 6.53. The molecule has 0 radical (unpaired) electrons. The van der Waals surface area contributed by atoms with Gasteiger partial charge in [0.05, 0.1) is 5.25 Å². The molecule has 5 N–H and O–H groups in total. The van der Waals surface area contributed by atoms with Crippen LogP contribution in [0.5, 0.6) is 0 Å². The van der Waals surface area contributed by atoms with Gasteiger partial charge in [-0.05, 0) is 24.1 Å². The van der Waals surface area contributed by atoms with Gasteiger partial charge in [-0.25, -0.2) is 4.98 Å². The lowest BCUT2D eigenvalue weighted by Crippen LogP contribution is -2.26. The van der Waals surface area contributed by atoms with Gasteiger partial charge in [-0.15, -0.1) is 0 Å². The topological polar surface area (TPSA) is 111 Å². The third-order valence-electron chi connectivity index (χ3n) is 2.87. The first kappa shape index (κ1) is 14.5. The van der Waals surface area contributed by atoms with Gasteiger partial charge in [-0.3, -0.25) is 9.78 Å². The lowest BCUT2D eigenvalue weighted by molar-refractivity contribution is 0.632. The van der Waals surface area contributed by atoms with Gasteiger partial charge >= 0.3 is 0 Å². The van der Waals surface area contributed by atoms with E-state index in [1.54, 1.807) is 12.4 Å². The maximum absolute atomic E-state index is 11.4. The minimum absolute atomic E-state index is 0.0204. The lowest BCUT2D eigenvalue weighted by Gasteiger charge is -2.22. The van der Waals surface area contributed by atoms with E-state index >= 15 is 0 Å². The van der Waals surface area contributed by atoms with Crippen LogP contribution in [0.15, 0.2) is 40.5 Å². The number of pyridine rings is 1. The minimum atomic E-state index is -0.265. The summed E-state index contributed by atoms with van der Waals surface area (Å²) in [4.78, 5) is 22.2. The van der Waals surface area contributed by atoms with Crippen LogP contribution in [0, 0.1) is 0 Å². The van der Waals surface area contributed by atoms with E-state index in [0.717, 1.165) is 12.0 Å². The lowest BCUT2D eigenvalue weighted by atomic mass is 10.1. The highest BCUT2D eigenvalue weighted by Gasteiger charge is 2.21. The summed E-state index contributed by atoms with van der Waals surface area (Å²) in [7, 11) is 0. The molecule has 7 heteroatoms. The molecule has 2 heterocycles. The molecular formula is C13H17N5OS. The van der Waals surface area contributed by atoms with E-state index in [1.807, 2.05) is 19.1 Å². The van der Waals surface area contributed by atoms with Gasteiger partial charge in [0.25, 0.3) is 5.56 Å². The van der Waals surface area contributed by atoms with Crippen LogP contribution in [0.25, 0.3) is 0 Å². The van der Waals surface area contributed by atoms with Crippen molar-refractivity contribution in [1.82, 2.24) is 15.0 Å². The molecule has 0 aliphatic heterocycles. The number of anilines is 1. The van der Waals surface area contributed by atoms with E-state index in [4.69, 9.17) is 11.5 Å². The van der Waals surface area contributed by atoms with Gasteiger partial charge in [0.15, 0.2) is 5.16 Å². The van der Waals surface area contributed by atoms with Crippen LogP contribution in [0.2, 0.25) is 0 Å². The van der Waals surface area contributed by atoms with E-state index in [-0.39, 0.29) is 22.7 Å². The third kappa shape index (κ3) is 3.58. The summed E-state index contributed by atoms with van der Waals surface area (Å²) in [5.41, 5.74) is 12.6. The highest BCUT2D eigenvalue weighted by atomic mass is 32.2. The fourth-order valence-corrected chi connectivity index (χ4v) is 3.02. The molecule has 2 aromatic heterocycles. The average Bonchev–Trinajstić information content (AvgIpc) is 2.44. The first-order valence-electron chi connectivity index (χ1n) is 6.29. The van der Waals surface area contributed by atoms with E-state index in [0.29, 0.717) is 5.16 Å². The summed E-state index contributed by atoms with van der Waals surface area (Å²) >= 11 is 1.40. The predicted octanol–water partition coefficient (Wildman–Crippen LogP) is 1.32. The molecule has 0 aliphatic rings. The van der Waals surface area contributed by atoms with Crippen LogP contribution in [0.1, 0.15) is 24.2 Å². The Kier molecular flexibility index (Phi) is 4.75. The van der Waals surface area contributed by atoms with Crippen molar-refractivity contribution in [3.8, 4) is 0 Å². The molecule has 0 aromatic carbocycles. The molecule has 2 unspecified atom stereocenters. The molecule has 0 saturated heterocycles. The van der Waals surface area contributed by atoms with Gasteiger partial charge in [-0.1, -0.05) is 18.7 Å². The molecular weight excluding hydrogens is 274 g/mol. The molecule has 6 nitrogen and oxygen atoms in total. The summed E-state index contributed by atoms with van der Waals surface area (Å²) in [6.45, 7) is 2.02. The number of nitrogen functional groups attached to an aromatic ring is 1. The van der Waals surface area contributed by atoms with Gasteiger partial charge in [0.1, 0.15) is 5.82 Å². The summed E-state index contributed by atoms with van der Waals surface area (Å²) in [6, 6.07) is 5.02. The molecule has 2 atom stereocenters. The standard InChI is InChI=1S/C13H17N5OS/c1-2-9(14)12(8-3-5-16-6-4-8)20-13-17-10(15)7-11(19)18-13/h3-7,9,12H,2,14H2,1H3,(H3,15,17,18,19). The number of hydrogen-bond donors (Lipinski definition) is 3. The molecule has 0 aliphatic carbocycles. The van der Waals surface area contributed by atoms with E-state index < -0.39 is 0 Å². The van der Waals surface area contributed by atoms with Crippen molar-refractivity contribution in [3.05, 3.63) is 46.5 Å². The van der Waals surface area contributed by atoms with Gasteiger partial charge < -0.3 is 16.5 Å². The number of nitrogens with zero attached hydrogens (tertiary/aromatic N) is 2. The number of hydrogen-bond acceptors (Lipinski definition) is 6. The normalized spacial score (nSPS) is 13.9. The van der Waals surface area contributed by atoms with E-state index in [1.165, 1.54) is 17.8 Å². The Bertz CT molecular complexity index is 616. The van der Waals surface area contributed by atoms with Gasteiger partial charge in [-0.2, -0.15) is 0 Å². The number of aromatic nitrogens is 3. The van der Waals surface area contributed by atoms with Gasteiger partial charge in [0, 0.05) is 24.5 Å². The Morgan fingerprint density at radius 1 is 1.40 bits per heavy atom. The third-order valence-corrected chi connectivity index (χ3v) is 4.17. The Morgan fingerprint density at radius 3 is 2.70 bits per heavy atom. The maximum Gasteiger partial charge on any atom is 0.253 e. The zero-order valence-corrected chi connectivity index (χ0v) is 11.9. The molecule has 0 bridgehead atoms. The monoisotopic (exact) mass is 291 g/mol. The molecule has 0 saturated carbocycles. The molecule has 0 amide bonds. The second-order valence-corrected chi connectivity index (χ2v) is 5.50. The van der Waals surface area contributed by atoms with Crippen molar-refractivity contribution in [2.45, 2.75) is 29.8 Å². The number of nitrogens with two attached hydrogens (primary N) is 2. The summed E-state index contributed by atoms with van der Waals surface area (Å²) in [5.74, 6) is 0.204. The zero-order valence-electron chi connectivity index (χ0n) is 11.1. The highest BCUT2D eigenvalue weighted by molar-refractivity contribution is 7.99. The summed E-state index contributed by atoms with van der Waals surface area (Å²) < 4.78 is 0. The number of thioether (sulfide) groups is 1. The van der Waals surface area contributed by atoms with Crippen LogP contribution >= 0.6 is 11.8 Å². The molecule has 0 fully saturated rings. The Labute approximate surface area is 121 Å². The Balaban J connectivity index is 2.31. The minimum Gasteiger partial charge on any atom is -0.383 e. The van der Waals surface area contributed by atoms with Crippen LogP contribution in [-0.2, 0) is 0 Å². The van der Waals surface area contributed by atoms with Crippen LogP contribution in [-0.4, -0.2) is 21.0 Å². The largest absolute Gasteiger partial charge is 0.383 e. The number of H-pyrrole nitrogens is 1. The molecule has 2 rings (SSSR count). The average molecular weight is 291 g/mol. The summed E-state index contributed by atoms with van der Waals surface area (Å²) in [6.07, 6.45) is 4.26. The molecule has 20 heavy (non-hydrogen) atoms. The first-order valence-corrected chi connectivity index (χ1v) is 7.17. The summed E-state index contributed by atoms with van der Waals surface area (Å²) in [5, 5.41) is 0.452. The van der Waals surface area contributed by atoms with Crippen molar-refractivity contribution >= 4 is 17.6 Å². The molecule has 0 spiro atoms. The number of aromatic amines is 1. The van der Waals surface area contributed by atoms with Crippen molar-refractivity contribution in [1.29, 1.82) is 0 Å². The van der Waals surface area contributed by atoms with E-state index in [9.17, 15) is 4.79 Å². The molecule has 106 valence electrons. The fourth-order valence-electron chi connectivity index (χ4n) is 1.80. The highest BCUT2D eigenvalue weighted by Crippen LogP contribution is 2.35.